The lowest BCUT2D eigenvalue weighted by Crippen LogP contribution is -2.03. The summed E-state index contributed by atoms with van der Waals surface area (Å²) in [6, 6.07) is 1.91. The summed E-state index contributed by atoms with van der Waals surface area (Å²) in [6.45, 7) is 3.82. The molecule has 18 heavy (non-hydrogen) atoms. The Hall–Kier alpha value is -1.95. The van der Waals surface area contributed by atoms with Crippen molar-refractivity contribution in [3.05, 3.63) is 34.6 Å². The molecule has 1 N–H and O–H groups in total. The molecule has 0 radical (unpaired) electrons. The predicted octanol–water partition coefficient (Wildman–Crippen LogP) is 2.69. The van der Waals surface area contributed by atoms with Gasteiger partial charge in [0.25, 0.3) is 0 Å². The summed E-state index contributed by atoms with van der Waals surface area (Å²) in [4.78, 5) is 20.5. The Kier molecular flexibility index (Phi) is 3.57. The first-order chi connectivity index (χ1) is 8.61. The monoisotopic (exact) mass is 263 g/mol. The highest BCUT2D eigenvalue weighted by Crippen LogP contribution is 2.26. The maximum Gasteiger partial charge on any atom is 0.357 e. The minimum absolute atomic E-state index is 0.353. The molecule has 5 nitrogen and oxygen atoms in total. The number of anilines is 2. The lowest BCUT2D eigenvalue weighted by atomic mass is 10.2. The average Bonchev–Trinajstić information content (AvgIpc) is 2.72. The van der Waals surface area contributed by atoms with Gasteiger partial charge in [0.2, 0.25) is 0 Å². The summed E-state index contributed by atoms with van der Waals surface area (Å²) in [5, 5.41) is 3.81. The molecule has 2 rings (SSSR count). The maximum atomic E-state index is 11.4. The second kappa shape index (κ2) is 5.14. The van der Waals surface area contributed by atoms with Crippen LogP contribution in [0.2, 0.25) is 0 Å². The molecular weight excluding hydrogens is 250 g/mol. The van der Waals surface area contributed by atoms with Crippen molar-refractivity contribution >= 4 is 28.1 Å². The first-order valence-corrected chi connectivity index (χ1v) is 6.17. The molecule has 2 aromatic heterocycles. The number of carbonyl (C=O) groups excluding carboxylic acids is 1. The third kappa shape index (κ3) is 2.48. The van der Waals surface area contributed by atoms with Crippen molar-refractivity contribution in [2.45, 2.75) is 13.8 Å². The Morgan fingerprint density at radius 2 is 2.22 bits per heavy atom. The Labute approximate surface area is 109 Å². The highest BCUT2D eigenvalue weighted by molar-refractivity contribution is 7.15. The van der Waals surface area contributed by atoms with E-state index >= 15 is 0 Å². The second-order valence-corrected chi connectivity index (χ2v) is 4.93. The summed E-state index contributed by atoms with van der Waals surface area (Å²) < 4.78 is 4.67. The lowest BCUT2D eigenvalue weighted by molar-refractivity contribution is 0.0594. The first kappa shape index (κ1) is 12.5. The van der Waals surface area contributed by atoms with Crippen LogP contribution in [-0.2, 0) is 4.74 Å². The van der Waals surface area contributed by atoms with Gasteiger partial charge in [-0.2, -0.15) is 0 Å². The second-order valence-electron chi connectivity index (χ2n) is 3.73. The SMILES string of the molecule is COC(=O)c1nc(Nc2cnccc2C)sc1C. The molecule has 6 heteroatoms. The van der Waals surface area contributed by atoms with Gasteiger partial charge in [0.15, 0.2) is 10.8 Å². The molecule has 0 spiro atoms. The molecule has 0 aliphatic rings. The van der Waals surface area contributed by atoms with Crippen LogP contribution < -0.4 is 5.32 Å². The fourth-order valence-electron chi connectivity index (χ4n) is 1.45. The summed E-state index contributed by atoms with van der Waals surface area (Å²) in [7, 11) is 1.35. The van der Waals surface area contributed by atoms with Crippen LogP contribution in [0.1, 0.15) is 20.9 Å². The zero-order valence-electron chi connectivity index (χ0n) is 10.4. The number of hydrogen-bond acceptors (Lipinski definition) is 6. The van der Waals surface area contributed by atoms with Gasteiger partial charge in [0.1, 0.15) is 0 Å². The van der Waals surface area contributed by atoms with Crippen molar-refractivity contribution in [3.8, 4) is 0 Å². The number of pyridine rings is 1. The molecule has 0 aliphatic carbocycles. The number of nitrogens with one attached hydrogen (secondary N) is 1. The van der Waals surface area contributed by atoms with E-state index in [9.17, 15) is 4.79 Å². The van der Waals surface area contributed by atoms with Crippen LogP contribution in [-0.4, -0.2) is 23.0 Å². The van der Waals surface area contributed by atoms with E-state index in [1.807, 2.05) is 19.9 Å². The van der Waals surface area contributed by atoms with Crippen LogP contribution in [0.5, 0.6) is 0 Å². The Balaban J connectivity index is 2.26. The minimum atomic E-state index is -0.417. The van der Waals surface area contributed by atoms with E-state index in [1.165, 1.54) is 18.4 Å². The first-order valence-electron chi connectivity index (χ1n) is 5.35. The number of aryl methyl sites for hydroxylation is 2. The smallest absolute Gasteiger partial charge is 0.357 e. The molecule has 94 valence electrons. The van der Waals surface area contributed by atoms with E-state index in [4.69, 9.17) is 0 Å². The number of hydrogen-bond donors (Lipinski definition) is 1. The number of nitrogens with zero attached hydrogens (tertiary/aromatic N) is 2. The van der Waals surface area contributed by atoms with Crippen molar-refractivity contribution in [1.82, 2.24) is 9.97 Å². The molecule has 0 atom stereocenters. The molecule has 0 aromatic carbocycles. The van der Waals surface area contributed by atoms with Gasteiger partial charge >= 0.3 is 5.97 Å². The minimum Gasteiger partial charge on any atom is -0.464 e. The van der Waals surface area contributed by atoms with Gasteiger partial charge in [-0.15, -0.1) is 11.3 Å². The molecule has 0 unspecified atom stereocenters. The molecular formula is C12H13N3O2S. The van der Waals surface area contributed by atoms with Crippen LogP contribution in [0.3, 0.4) is 0 Å². The summed E-state index contributed by atoms with van der Waals surface area (Å²) in [6.07, 6.45) is 3.46. The van der Waals surface area contributed by atoms with Gasteiger partial charge in [-0.05, 0) is 25.5 Å². The zero-order valence-corrected chi connectivity index (χ0v) is 11.2. The molecule has 2 heterocycles. The topological polar surface area (TPSA) is 64.1 Å². The van der Waals surface area contributed by atoms with E-state index in [0.717, 1.165) is 16.1 Å². The van der Waals surface area contributed by atoms with Crippen molar-refractivity contribution in [1.29, 1.82) is 0 Å². The quantitative estimate of drug-likeness (QED) is 0.862. The Morgan fingerprint density at radius 1 is 1.44 bits per heavy atom. The molecule has 0 bridgehead atoms. The normalized spacial score (nSPS) is 10.2. The number of methoxy groups -OCH3 is 1. The fourth-order valence-corrected chi connectivity index (χ4v) is 2.26. The molecule has 2 aromatic rings. The molecule has 0 aliphatic heterocycles. The summed E-state index contributed by atoms with van der Waals surface area (Å²) >= 11 is 1.41. The van der Waals surface area contributed by atoms with Crippen LogP contribution >= 0.6 is 11.3 Å². The van der Waals surface area contributed by atoms with Gasteiger partial charge in [0, 0.05) is 11.1 Å². The van der Waals surface area contributed by atoms with Crippen molar-refractivity contribution in [3.63, 3.8) is 0 Å². The molecule has 0 fully saturated rings. The van der Waals surface area contributed by atoms with E-state index in [1.54, 1.807) is 12.4 Å². The highest BCUT2D eigenvalue weighted by atomic mass is 32.1. The van der Waals surface area contributed by atoms with Gasteiger partial charge < -0.3 is 10.1 Å². The number of rotatable bonds is 3. The molecule has 0 saturated carbocycles. The zero-order chi connectivity index (χ0) is 13.1. The largest absolute Gasteiger partial charge is 0.464 e. The summed E-state index contributed by atoms with van der Waals surface area (Å²) in [5.74, 6) is -0.417. The van der Waals surface area contributed by atoms with Crippen LogP contribution in [0, 0.1) is 13.8 Å². The van der Waals surface area contributed by atoms with Crippen molar-refractivity contribution < 1.29 is 9.53 Å². The third-order valence-electron chi connectivity index (χ3n) is 2.46. The van der Waals surface area contributed by atoms with Gasteiger partial charge in [-0.1, -0.05) is 0 Å². The van der Waals surface area contributed by atoms with Gasteiger partial charge in [-0.25, -0.2) is 9.78 Å². The lowest BCUT2D eigenvalue weighted by Gasteiger charge is -2.04. The van der Waals surface area contributed by atoms with E-state index < -0.39 is 5.97 Å². The number of ether oxygens (including phenoxy) is 1. The van der Waals surface area contributed by atoms with E-state index in [-0.39, 0.29) is 0 Å². The number of thiazole rings is 1. The summed E-state index contributed by atoms with van der Waals surface area (Å²) in [5.41, 5.74) is 2.30. The number of esters is 1. The van der Waals surface area contributed by atoms with Crippen LogP contribution in [0.25, 0.3) is 0 Å². The van der Waals surface area contributed by atoms with Crippen LogP contribution in [0.15, 0.2) is 18.5 Å². The van der Waals surface area contributed by atoms with Crippen molar-refractivity contribution in [2.75, 3.05) is 12.4 Å². The number of carbonyl (C=O) groups is 1. The van der Waals surface area contributed by atoms with E-state index in [0.29, 0.717) is 10.8 Å². The van der Waals surface area contributed by atoms with Crippen molar-refractivity contribution in [2.24, 2.45) is 0 Å². The average molecular weight is 263 g/mol. The molecule has 0 saturated heterocycles. The van der Waals surface area contributed by atoms with E-state index in [2.05, 4.69) is 20.0 Å². The molecule has 0 amide bonds. The number of aromatic nitrogens is 2. The predicted molar refractivity (Wildman–Crippen MR) is 70.4 cm³/mol. The Morgan fingerprint density at radius 3 is 2.89 bits per heavy atom. The Bertz CT molecular complexity index is 580. The van der Waals surface area contributed by atoms with Gasteiger partial charge in [0.05, 0.1) is 19.0 Å². The maximum absolute atomic E-state index is 11.4. The highest BCUT2D eigenvalue weighted by Gasteiger charge is 2.16. The standard InChI is InChI=1S/C12H13N3O2S/c1-7-4-5-13-6-9(7)14-12-15-10(8(2)18-12)11(16)17-3/h4-6H,1-3H3,(H,14,15). The van der Waals surface area contributed by atoms with Crippen LogP contribution in [0.4, 0.5) is 10.8 Å². The third-order valence-corrected chi connectivity index (χ3v) is 3.34. The fraction of sp³-hybridized carbons (Fsp3) is 0.250. The van der Waals surface area contributed by atoms with Gasteiger partial charge in [-0.3, -0.25) is 4.98 Å².